The molecule has 0 bridgehead atoms. The van der Waals surface area contributed by atoms with Crippen LogP contribution in [0.1, 0.15) is 32.1 Å². The van der Waals surface area contributed by atoms with Crippen LogP contribution in [0, 0.1) is 0 Å². The number of hydrogen-bond donors (Lipinski definition) is 1. The van der Waals surface area contributed by atoms with Crippen LogP contribution < -0.4 is 4.90 Å². The monoisotopic (exact) mass is 293 g/mol. The number of aliphatic hydroxyl groups excluding tert-OH is 1. The van der Waals surface area contributed by atoms with Gasteiger partial charge in [-0.05, 0) is 25.5 Å². The highest BCUT2D eigenvalue weighted by molar-refractivity contribution is 5.68. The van der Waals surface area contributed by atoms with Crippen LogP contribution in [0.3, 0.4) is 0 Å². The molecule has 1 aliphatic heterocycles. The Morgan fingerprint density at radius 1 is 1.33 bits per heavy atom. The number of carbonyl (C=O) groups is 1. The van der Waals surface area contributed by atoms with Crippen molar-refractivity contribution >= 4 is 11.8 Å². The van der Waals surface area contributed by atoms with Crippen molar-refractivity contribution in [2.24, 2.45) is 0 Å². The maximum Gasteiger partial charge on any atom is 0.409 e. The zero-order valence-electron chi connectivity index (χ0n) is 12.7. The molecule has 116 valence electrons. The molecule has 1 fully saturated rings. The lowest BCUT2D eigenvalue weighted by atomic mass is 10.2. The van der Waals surface area contributed by atoms with E-state index in [0.717, 1.165) is 18.8 Å². The maximum absolute atomic E-state index is 11.6. The number of amides is 1. The second kappa shape index (κ2) is 7.26. The number of hydrogen-bond acceptors (Lipinski definition) is 5. The van der Waals surface area contributed by atoms with Gasteiger partial charge in [-0.1, -0.05) is 6.92 Å². The summed E-state index contributed by atoms with van der Waals surface area (Å²) in [7, 11) is 0. The largest absolute Gasteiger partial charge is 0.450 e. The summed E-state index contributed by atoms with van der Waals surface area (Å²) < 4.78 is 5.01. The Labute approximate surface area is 125 Å². The molecule has 6 heteroatoms. The van der Waals surface area contributed by atoms with Gasteiger partial charge in [-0.2, -0.15) is 0 Å². The molecule has 1 aromatic heterocycles. The van der Waals surface area contributed by atoms with Gasteiger partial charge in [0.05, 0.1) is 30.3 Å². The highest BCUT2D eigenvalue weighted by Gasteiger charge is 2.22. The fourth-order valence-corrected chi connectivity index (χ4v) is 2.35. The van der Waals surface area contributed by atoms with E-state index in [0.29, 0.717) is 31.8 Å². The van der Waals surface area contributed by atoms with Crippen LogP contribution in [0.25, 0.3) is 0 Å². The average Bonchev–Trinajstić information content (AvgIpc) is 2.54. The second-order valence-corrected chi connectivity index (χ2v) is 5.04. The van der Waals surface area contributed by atoms with Crippen LogP contribution in [0.15, 0.2) is 18.3 Å². The summed E-state index contributed by atoms with van der Waals surface area (Å²) >= 11 is 0. The first-order chi connectivity index (χ1) is 10.2. The smallest absolute Gasteiger partial charge is 0.409 e. The van der Waals surface area contributed by atoms with Gasteiger partial charge >= 0.3 is 6.09 Å². The third-order valence-electron chi connectivity index (χ3n) is 3.67. The molecule has 1 saturated heterocycles. The molecule has 0 aromatic carbocycles. The molecule has 1 N–H and O–H groups in total. The minimum absolute atomic E-state index is 0.239. The predicted octanol–water partition coefficient (Wildman–Crippen LogP) is 1.80. The summed E-state index contributed by atoms with van der Waals surface area (Å²) in [4.78, 5) is 19.9. The fraction of sp³-hybridized carbons (Fsp3) is 0.600. The van der Waals surface area contributed by atoms with Gasteiger partial charge in [0.2, 0.25) is 0 Å². The van der Waals surface area contributed by atoms with Crippen LogP contribution in [-0.2, 0) is 4.74 Å². The van der Waals surface area contributed by atoms with Crippen LogP contribution in [-0.4, -0.2) is 53.9 Å². The number of pyridine rings is 1. The Morgan fingerprint density at radius 2 is 2.05 bits per heavy atom. The van der Waals surface area contributed by atoms with Crippen molar-refractivity contribution in [3.63, 3.8) is 0 Å². The van der Waals surface area contributed by atoms with Crippen molar-refractivity contribution in [3.05, 3.63) is 24.0 Å². The Kier molecular flexibility index (Phi) is 5.38. The zero-order chi connectivity index (χ0) is 15.2. The molecule has 0 unspecified atom stereocenters. The molecule has 0 spiro atoms. The second-order valence-electron chi connectivity index (χ2n) is 5.04. The average molecular weight is 293 g/mol. The fourth-order valence-electron chi connectivity index (χ4n) is 2.35. The lowest BCUT2D eigenvalue weighted by Gasteiger charge is -2.35. The van der Waals surface area contributed by atoms with Crippen molar-refractivity contribution in [1.29, 1.82) is 0 Å². The minimum atomic E-state index is -0.500. The summed E-state index contributed by atoms with van der Waals surface area (Å²) in [6.07, 6.45) is 1.70. The Balaban J connectivity index is 1.91. The predicted molar refractivity (Wildman–Crippen MR) is 80.3 cm³/mol. The lowest BCUT2D eigenvalue weighted by Crippen LogP contribution is -2.49. The molecule has 1 atom stereocenters. The van der Waals surface area contributed by atoms with Gasteiger partial charge in [-0.15, -0.1) is 0 Å². The first-order valence-electron chi connectivity index (χ1n) is 7.46. The molecule has 1 aromatic rings. The third-order valence-corrected chi connectivity index (χ3v) is 3.67. The molecule has 1 amide bonds. The normalized spacial score (nSPS) is 16.7. The molecule has 1 aliphatic rings. The number of ether oxygens (including phenoxy) is 1. The molecule has 2 rings (SSSR count). The van der Waals surface area contributed by atoms with E-state index in [9.17, 15) is 9.90 Å². The number of rotatable bonds is 4. The van der Waals surface area contributed by atoms with Gasteiger partial charge in [-0.3, -0.25) is 4.98 Å². The topological polar surface area (TPSA) is 65.9 Å². The molecular weight excluding hydrogens is 270 g/mol. The number of aromatic nitrogens is 1. The molecule has 0 radical (unpaired) electrons. The highest BCUT2D eigenvalue weighted by Crippen LogP contribution is 2.19. The Morgan fingerprint density at radius 3 is 2.57 bits per heavy atom. The van der Waals surface area contributed by atoms with E-state index in [4.69, 9.17) is 4.74 Å². The first-order valence-corrected chi connectivity index (χ1v) is 7.46. The molecule has 2 heterocycles. The number of anilines is 1. The van der Waals surface area contributed by atoms with Crippen molar-refractivity contribution in [1.82, 2.24) is 9.88 Å². The van der Waals surface area contributed by atoms with Crippen molar-refractivity contribution < 1.29 is 14.6 Å². The van der Waals surface area contributed by atoms with E-state index in [1.165, 1.54) is 0 Å². The zero-order valence-corrected chi connectivity index (χ0v) is 12.7. The molecule has 0 aliphatic carbocycles. The van der Waals surface area contributed by atoms with Crippen LogP contribution in [0.4, 0.5) is 10.5 Å². The van der Waals surface area contributed by atoms with E-state index in [1.807, 2.05) is 26.0 Å². The molecule has 6 nitrogen and oxygen atoms in total. The van der Waals surface area contributed by atoms with Gasteiger partial charge in [0.15, 0.2) is 0 Å². The van der Waals surface area contributed by atoms with E-state index in [-0.39, 0.29) is 6.09 Å². The summed E-state index contributed by atoms with van der Waals surface area (Å²) in [5.74, 6) is 0. The maximum atomic E-state index is 11.6. The van der Waals surface area contributed by atoms with Crippen molar-refractivity contribution in [2.75, 3.05) is 37.7 Å². The highest BCUT2D eigenvalue weighted by atomic mass is 16.6. The van der Waals surface area contributed by atoms with Gasteiger partial charge in [-0.25, -0.2) is 4.79 Å². The standard InChI is InChI=1S/C15H23N3O3/c1-3-14(19)13-6-5-12(11-16-13)17-7-9-18(10-8-17)15(20)21-4-2/h5-6,11,14,19H,3-4,7-10H2,1-2H3/t14-/m1/s1. The van der Waals surface area contributed by atoms with Crippen LogP contribution in [0.5, 0.6) is 0 Å². The molecule has 0 saturated carbocycles. The summed E-state index contributed by atoms with van der Waals surface area (Å²) in [5, 5.41) is 9.74. The minimum Gasteiger partial charge on any atom is -0.450 e. The third kappa shape index (κ3) is 3.85. The molecule has 21 heavy (non-hydrogen) atoms. The van der Waals surface area contributed by atoms with E-state index in [1.54, 1.807) is 11.1 Å². The van der Waals surface area contributed by atoms with Crippen LogP contribution >= 0.6 is 0 Å². The van der Waals surface area contributed by atoms with Gasteiger partial charge < -0.3 is 19.6 Å². The quantitative estimate of drug-likeness (QED) is 0.917. The van der Waals surface area contributed by atoms with E-state index in [2.05, 4.69) is 9.88 Å². The van der Waals surface area contributed by atoms with E-state index >= 15 is 0 Å². The van der Waals surface area contributed by atoms with Crippen molar-refractivity contribution in [2.45, 2.75) is 26.4 Å². The number of carbonyl (C=O) groups excluding carboxylic acids is 1. The number of nitrogens with zero attached hydrogens (tertiary/aromatic N) is 3. The van der Waals surface area contributed by atoms with Crippen molar-refractivity contribution in [3.8, 4) is 0 Å². The summed E-state index contributed by atoms with van der Waals surface area (Å²) in [6, 6.07) is 3.84. The summed E-state index contributed by atoms with van der Waals surface area (Å²) in [6.45, 7) is 6.97. The van der Waals surface area contributed by atoms with Crippen LogP contribution in [0.2, 0.25) is 0 Å². The Bertz CT molecular complexity index is 456. The number of piperazine rings is 1. The van der Waals surface area contributed by atoms with Gasteiger partial charge in [0.25, 0.3) is 0 Å². The van der Waals surface area contributed by atoms with E-state index < -0.39 is 6.10 Å². The first kappa shape index (κ1) is 15.6. The van der Waals surface area contributed by atoms with Gasteiger partial charge in [0, 0.05) is 26.2 Å². The number of aliphatic hydroxyl groups is 1. The summed E-state index contributed by atoms with van der Waals surface area (Å²) in [5.41, 5.74) is 1.72. The SMILES string of the molecule is CCOC(=O)N1CCN(c2ccc([C@H](O)CC)nc2)CC1. The lowest BCUT2D eigenvalue weighted by molar-refractivity contribution is 0.105. The van der Waals surface area contributed by atoms with Gasteiger partial charge in [0.1, 0.15) is 0 Å². The Hall–Kier alpha value is -1.82. The molecular formula is C15H23N3O3.